The van der Waals surface area contributed by atoms with Gasteiger partial charge in [0.15, 0.2) is 0 Å². The molecule has 25 heavy (non-hydrogen) atoms. The fourth-order valence-electron chi connectivity index (χ4n) is 2.19. The van der Waals surface area contributed by atoms with Crippen molar-refractivity contribution in [1.29, 1.82) is 0 Å². The number of rotatable bonds is 7. The van der Waals surface area contributed by atoms with Crippen LogP contribution in [0.15, 0.2) is 42.5 Å². The molecule has 132 valence electrons. The zero-order valence-corrected chi connectivity index (χ0v) is 15.1. The van der Waals surface area contributed by atoms with Crippen LogP contribution in [0.4, 0.5) is 0 Å². The SMILES string of the molecule is CCC(C)NC(=O)c1cccc(C(=O)NCCc2cccc(Cl)c2)n1. The van der Waals surface area contributed by atoms with E-state index < -0.39 is 0 Å². The van der Waals surface area contributed by atoms with Gasteiger partial charge in [-0.3, -0.25) is 9.59 Å². The summed E-state index contributed by atoms with van der Waals surface area (Å²) < 4.78 is 0. The second-order valence-corrected chi connectivity index (χ2v) is 6.26. The number of amides is 2. The lowest BCUT2D eigenvalue weighted by Gasteiger charge is -2.11. The van der Waals surface area contributed by atoms with Gasteiger partial charge in [-0.1, -0.05) is 36.7 Å². The number of benzene rings is 1. The Kier molecular flexibility index (Phi) is 6.95. The maximum absolute atomic E-state index is 12.2. The summed E-state index contributed by atoms with van der Waals surface area (Å²) in [5.41, 5.74) is 1.51. The number of pyridine rings is 1. The monoisotopic (exact) mass is 359 g/mol. The van der Waals surface area contributed by atoms with E-state index in [-0.39, 0.29) is 29.2 Å². The van der Waals surface area contributed by atoms with E-state index in [2.05, 4.69) is 15.6 Å². The standard InChI is InChI=1S/C19H22ClN3O2/c1-3-13(2)22-19(25)17-9-5-8-16(23-17)18(24)21-11-10-14-6-4-7-15(20)12-14/h4-9,12-13H,3,10-11H2,1-2H3,(H,21,24)(H,22,25). The van der Waals surface area contributed by atoms with Crippen molar-refractivity contribution in [2.45, 2.75) is 32.7 Å². The molecular weight excluding hydrogens is 338 g/mol. The van der Waals surface area contributed by atoms with Crippen LogP contribution in [0.1, 0.15) is 46.8 Å². The average Bonchev–Trinajstić information content (AvgIpc) is 2.61. The van der Waals surface area contributed by atoms with Crippen molar-refractivity contribution >= 4 is 23.4 Å². The van der Waals surface area contributed by atoms with E-state index in [0.717, 1.165) is 12.0 Å². The zero-order valence-electron chi connectivity index (χ0n) is 14.4. The van der Waals surface area contributed by atoms with Crippen molar-refractivity contribution in [1.82, 2.24) is 15.6 Å². The number of hydrogen-bond acceptors (Lipinski definition) is 3. The summed E-state index contributed by atoms with van der Waals surface area (Å²) in [6.07, 6.45) is 1.50. The van der Waals surface area contributed by atoms with Crippen molar-refractivity contribution in [3.8, 4) is 0 Å². The Bertz CT molecular complexity index is 749. The number of nitrogens with zero attached hydrogens (tertiary/aromatic N) is 1. The Labute approximate surface area is 152 Å². The van der Waals surface area contributed by atoms with Crippen molar-refractivity contribution in [2.24, 2.45) is 0 Å². The highest BCUT2D eigenvalue weighted by Crippen LogP contribution is 2.10. The van der Waals surface area contributed by atoms with E-state index in [1.807, 2.05) is 38.1 Å². The maximum atomic E-state index is 12.2. The number of hydrogen-bond donors (Lipinski definition) is 2. The minimum atomic E-state index is -0.305. The molecule has 0 saturated heterocycles. The molecule has 1 aromatic heterocycles. The largest absolute Gasteiger partial charge is 0.350 e. The fourth-order valence-corrected chi connectivity index (χ4v) is 2.40. The molecule has 0 bridgehead atoms. The molecule has 5 nitrogen and oxygen atoms in total. The highest BCUT2D eigenvalue weighted by Gasteiger charge is 2.13. The normalized spacial score (nSPS) is 11.6. The second kappa shape index (κ2) is 9.18. The van der Waals surface area contributed by atoms with E-state index in [4.69, 9.17) is 11.6 Å². The van der Waals surface area contributed by atoms with Gasteiger partial charge in [0.2, 0.25) is 0 Å². The van der Waals surface area contributed by atoms with Gasteiger partial charge in [0.1, 0.15) is 11.4 Å². The predicted molar refractivity (Wildman–Crippen MR) is 98.9 cm³/mol. The first-order chi connectivity index (χ1) is 12.0. The van der Waals surface area contributed by atoms with Gasteiger partial charge in [-0.15, -0.1) is 0 Å². The van der Waals surface area contributed by atoms with Crippen LogP contribution in [0.3, 0.4) is 0 Å². The van der Waals surface area contributed by atoms with Gasteiger partial charge >= 0.3 is 0 Å². The van der Waals surface area contributed by atoms with Gasteiger partial charge in [0.05, 0.1) is 0 Å². The minimum Gasteiger partial charge on any atom is -0.350 e. The van der Waals surface area contributed by atoms with Crippen LogP contribution in [0.2, 0.25) is 5.02 Å². The molecule has 0 aliphatic carbocycles. The van der Waals surface area contributed by atoms with E-state index in [1.54, 1.807) is 18.2 Å². The van der Waals surface area contributed by atoms with Gasteiger partial charge in [-0.2, -0.15) is 0 Å². The van der Waals surface area contributed by atoms with E-state index >= 15 is 0 Å². The van der Waals surface area contributed by atoms with Gasteiger partial charge in [0, 0.05) is 17.6 Å². The van der Waals surface area contributed by atoms with Crippen LogP contribution in [-0.2, 0) is 6.42 Å². The van der Waals surface area contributed by atoms with Crippen LogP contribution in [0.5, 0.6) is 0 Å². The molecule has 2 N–H and O–H groups in total. The molecule has 2 rings (SSSR count). The maximum Gasteiger partial charge on any atom is 0.270 e. The van der Waals surface area contributed by atoms with E-state index in [9.17, 15) is 9.59 Å². The molecule has 1 aromatic carbocycles. The first kappa shape index (κ1) is 18.9. The molecule has 0 aliphatic rings. The topological polar surface area (TPSA) is 71.1 Å². The first-order valence-corrected chi connectivity index (χ1v) is 8.68. The van der Waals surface area contributed by atoms with Crippen molar-refractivity contribution < 1.29 is 9.59 Å². The number of carbonyl (C=O) groups is 2. The van der Waals surface area contributed by atoms with Gasteiger partial charge in [0.25, 0.3) is 11.8 Å². The Morgan fingerprint density at radius 3 is 2.48 bits per heavy atom. The lowest BCUT2D eigenvalue weighted by Crippen LogP contribution is -2.33. The first-order valence-electron chi connectivity index (χ1n) is 8.30. The quantitative estimate of drug-likeness (QED) is 0.797. The van der Waals surface area contributed by atoms with Crippen LogP contribution in [0, 0.1) is 0 Å². The summed E-state index contributed by atoms with van der Waals surface area (Å²) >= 11 is 5.94. The number of halogens is 1. The van der Waals surface area contributed by atoms with Crippen LogP contribution in [0.25, 0.3) is 0 Å². The van der Waals surface area contributed by atoms with Crippen molar-refractivity contribution in [2.75, 3.05) is 6.54 Å². The van der Waals surface area contributed by atoms with E-state index in [1.165, 1.54) is 0 Å². The third kappa shape index (κ3) is 5.87. The molecule has 1 atom stereocenters. The molecule has 0 fully saturated rings. The minimum absolute atomic E-state index is 0.0597. The Morgan fingerprint density at radius 2 is 1.80 bits per heavy atom. The van der Waals surface area contributed by atoms with Crippen molar-refractivity contribution in [3.63, 3.8) is 0 Å². The summed E-state index contributed by atoms with van der Waals surface area (Å²) in [5, 5.41) is 6.32. The summed E-state index contributed by atoms with van der Waals surface area (Å²) in [6.45, 7) is 4.37. The molecule has 1 heterocycles. The van der Waals surface area contributed by atoms with Crippen LogP contribution in [-0.4, -0.2) is 29.4 Å². The summed E-state index contributed by atoms with van der Waals surface area (Å²) in [4.78, 5) is 28.5. The summed E-state index contributed by atoms with van der Waals surface area (Å²) in [6, 6.07) is 12.4. The zero-order chi connectivity index (χ0) is 18.2. The predicted octanol–water partition coefficient (Wildman–Crippen LogP) is 3.24. The van der Waals surface area contributed by atoms with Crippen LogP contribution >= 0.6 is 11.6 Å². The molecule has 0 spiro atoms. The third-order valence-corrected chi connectivity index (χ3v) is 4.03. The average molecular weight is 360 g/mol. The summed E-state index contributed by atoms with van der Waals surface area (Å²) in [5.74, 6) is -0.580. The lowest BCUT2D eigenvalue weighted by molar-refractivity contribution is 0.0933. The van der Waals surface area contributed by atoms with Crippen LogP contribution < -0.4 is 10.6 Å². The summed E-state index contributed by atoms with van der Waals surface area (Å²) in [7, 11) is 0. The van der Waals surface area contributed by atoms with Gasteiger partial charge in [-0.05, 0) is 49.6 Å². The molecule has 0 radical (unpaired) electrons. The Hall–Kier alpha value is -2.40. The molecule has 2 aromatic rings. The van der Waals surface area contributed by atoms with E-state index in [0.29, 0.717) is 18.0 Å². The molecule has 1 unspecified atom stereocenters. The molecule has 0 saturated carbocycles. The van der Waals surface area contributed by atoms with Gasteiger partial charge < -0.3 is 10.6 Å². The number of aromatic nitrogens is 1. The second-order valence-electron chi connectivity index (χ2n) is 5.83. The number of nitrogens with one attached hydrogen (secondary N) is 2. The smallest absolute Gasteiger partial charge is 0.270 e. The fraction of sp³-hybridized carbons (Fsp3) is 0.316. The van der Waals surface area contributed by atoms with Crippen molar-refractivity contribution in [3.05, 3.63) is 64.4 Å². The number of carbonyl (C=O) groups excluding carboxylic acids is 2. The molecular formula is C19H22ClN3O2. The lowest BCUT2D eigenvalue weighted by atomic mass is 10.1. The third-order valence-electron chi connectivity index (χ3n) is 3.79. The highest BCUT2D eigenvalue weighted by atomic mass is 35.5. The molecule has 6 heteroatoms. The molecule has 2 amide bonds. The Balaban J connectivity index is 1.93. The highest BCUT2D eigenvalue weighted by molar-refractivity contribution is 6.30. The molecule has 0 aliphatic heterocycles. The van der Waals surface area contributed by atoms with Gasteiger partial charge in [-0.25, -0.2) is 4.98 Å². The Morgan fingerprint density at radius 1 is 1.12 bits per heavy atom.